The minimum absolute atomic E-state index is 0.00353. The molecule has 1 atom stereocenters. The van der Waals surface area contributed by atoms with E-state index in [1.807, 2.05) is 18.2 Å². The molecule has 0 aromatic heterocycles. The van der Waals surface area contributed by atoms with E-state index in [-0.39, 0.29) is 29.4 Å². The Morgan fingerprint density at radius 1 is 1.29 bits per heavy atom. The Morgan fingerprint density at radius 2 is 1.90 bits per heavy atom. The van der Waals surface area contributed by atoms with E-state index >= 15 is 0 Å². The lowest BCUT2D eigenvalue weighted by Gasteiger charge is -2.43. The van der Waals surface area contributed by atoms with Crippen LogP contribution in [-0.2, 0) is 10.2 Å². The Bertz CT molecular complexity index is 472. The van der Waals surface area contributed by atoms with Crippen molar-refractivity contribution in [2.75, 3.05) is 6.61 Å². The van der Waals surface area contributed by atoms with Crippen molar-refractivity contribution in [2.45, 2.75) is 57.9 Å². The third kappa shape index (κ3) is 3.29. The van der Waals surface area contributed by atoms with E-state index in [1.54, 1.807) is 0 Å². The summed E-state index contributed by atoms with van der Waals surface area (Å²) in [5.41, 5.74) is 0.700. The number of hydrogen-bond acceptors (Lipinski definition) is 2. The van der Waals surface area contributed by atoms with E-state index in [0.717, 1.165) is 24.8 Å². The van der Waals surface area contributed by atoms with Crippen LogP contribution >= 0.6 is 0 Å². The number of amides is 1. The normalized spacial score (nSPS) is 18.7. The van der Waals surface area contributed by atoms with Crippen LogP contribution in [0.15, 0.2) is 30.3 Å². The van der Waals surface area contributed by atoms with Crippen molar-refractivity contribution >= 4 is 5.91 Å². The molecule has 1 amide bonds. The number of aliphatic hydroxyl groups is 1. The van der Waals surface area contributed by atoms with Crippen LogP contribution in [-0.4, -0.2) is 23.7 Å². The summed E-state index contributed by atoms with van der Waals surface area (Å²) in [6.07, 6.45) is 3.53. The Kier molecular flexibility index (Phi) is 4.72. The first kappa shape index (κ1) is 16.0. The summed E-state index contributed by atoms with van der Waals surface area (Å²) >= 11 is 0. The van der Waals surface area contributed by atoms with Gasteiger partial charge in [0.1, 0.15) is 0 Å². The van der Waals surface area contributed by atoms with Crippen LogP contribution in [0.2, 0.25) is 0 Å². The number of carbonyl (C=O) groups is 1. The summed E-state index contributed by atoms with van der Waals surface area (Å²) in [6.45, 7) is 6.40. The molecule has 2 N–H and O–H groups in total. The van der Waals surface area contributed by atoms with Crippen LogP contribution in [0.3, 0.4) is 0 Å². The van der Waals surface area contributed by atoms with E-state index < -0.39 is 0 Å². The summed E-state index contributed by atoms with van der Waals surface area (Å²) in [7, 11) is 0. The van der Waals surface area contributed by atoms with Crippen LogP contribution in [0.1, 0.15) is 52.0 Å². The summed E-state index contributed by atoms with van der Waals surface area (Å²) in [5, 5.41) is 12.5. The molecule has 21 heavy (non-hydrogen) atoms. The molecule has 3 nitrogen and oxygen atoms in total. The van der Waals surface area contributed by atoms with Crippen LogP contribution < -0.4 is 5.32 Å². The van der Waals surface area contributed by atoms with Crippen LogP contribution in [0.25, 0.3) is 0 Å². The molecule has 3 heteroatoms. The number of rotatable bonds is 5. The topological polar surface area (TPSA) is 49.3 Å². The third-order valence-corrected chi connectivity index (χ3v) is 4.74. The molecule has 1 fully saturated rings. The predicted molar refractivity (Wildman–Crippen MR) is 85.1 cm³/mol. The molecule has 0 spiro atoms. The molecule has 0 bridgehead atoms. The molecule has 0 radical (unpaired) electrons. The molecule has 1 aromatic carbocycles. The zero-order chi connectivity index (χ0) is 15.5. The summed E-state index contributed by atoms with van der Waals surface area (Å²) in [6, 6.07) is 10.1. The Balaban J connectivity index is 2.17. The predicted octanol–water partition coefficient (Wildman–Crippen LogP) is 3.02. The SMILES string of the molecule is CC(C)(C)C(CCO)NC(=O)C1(c2ccccc2)CCC1. The molecule has 0 saturated heterocycles. The Morgan fingerprint density at radius 3 is 2.33 bits per heavy atom. The van der Waals surface area contributed by atoms with Crippen molar-refractivity contribution < 1.29 is 9.90 Å². The van der Waals surface area contributed by atoms with E-state index in [4.69, 9.17) is 0 Å². The zero-order valence-corrected chi connectivity index (χ0v) is 13.4. The van der Waals surface area contributed by atoms with Crippen molar-refractivity contribution in [3.63, 3.8) is 0 Å². The quantitative estimate of drug-likeness (QED) is 0.875. The molecule has 2 rings (SSSR count). The highest BCUT2D eigenvalue weighted by molar-refractivity contribution is 5.89. The molecule has 1 aliphatic carbocycles. The minimum Gasteiger partial charge on any atom is -0.396 e. The van der Waals surface area contributed by atoms with E-state index in [1.165, 1.54) is 0 Å². The van der Waals surface area contributed by atoms with Gasteiger partial charge in [-0.2, -0.15) is 0 Å². The largest absolute Gasteiger partial charge is 0.396 e. The molecular weight excluding hydrogens is 262 g/mol. The van der Waals surface area contributed by atoms with Crippen molar-refractivity contribution in [3.05, 3.63) is 35.9 Å². The van der Waals surface area contributed by atoms with E-state index in [0.29, 0.717) is 6.42 Å². The lowest BCUT2D eigenvalue weighted by atomic mass is 9.63. The summed E-state index contributed by atoms with van der Waals surface area (Å²) in [4.78, 5) is 12.9. The molecule has 1 aliphatic rings. The lowest BCUT2D eigenvalue weighted by Crippen LogP contribution is -2.55. The Hall–Kier alpha value is -1.35. The second-order valence-corrected chi connectivity index (χ2v) is 7.21. The fourth-order valence-corrected chi connectivity index (χ4v) is 3.08. The van der Waals surface area contributed by atoms with Crippen LogP contribution in [0, 0.1) is 5.41 Å². The maximum Gasteiger partial charge on any atom is 0.230 e. The zero-order valence-electron chi connectivity index (χ0n) is 13.4. The van der Waals surface area contributed by atoms with Gasteiger partial charge in [0.05, 0.1) is 5.41 Å². The van der Waals surface area contributed by atoms with Crippen LogP contribution in [0.5, 0.6) is 0 Å². The van der Waals surface area contributed by atoms with Crippen molar-refractivity contribution in [2.24, 2.45) is 5.41 Å². The number of nitrogens with one attached hydrogen (secondary N) is 1. The molecule has 1 saturated carbocycles. The number of aliphatic hydroxyl groups excluding tert-OH is 1. The fraction of sp³-hybridized carbons (Fsp3) is 0.611. The summed E-state index contributed by atoms with van der Waals surface area (Å²) in [5.74, 6) is 0.119. The molecule has 116 valence electrons. The maximum absolute atomic E-state index is 12.9. The highest BCUT2D eigenvalue weighted by Crippen LogP contribution is 2.44. The van der Waals surface area contributed by atoms with Gasteiger partial charge >= 0.3 is 0 Å². The molecular formula is C18H27NO2. The molecule has 0 aliphatic heterocycles. The van der Waals surface area contributed by atoms with Gasteiger partial charge in [0, 0.05) is 12.6 Å². The molecule has 1 unspecified atom stereocenters. The molecule has 1 aromatic rings. The van der Waals surface area contributed by atoms with Gasteiger partial charge in [0.15, 0.2) is 0 Å². The van der Waals surface area contributed by atoms with Gasteiger partial charge in [-0.3, -0.25) is 4.79 Å². The second-order valence-electron chi connectivity index (χ2n) is 7.21. The number of benzene rings is 1. The first-order valence-corrected chi connectivity index (χ1v) is 7.87. The van der Waals surface area contributed by atoms with E-state index in [9.17, 15) is 9.90 Å². The van der Waals surface area contributed by atoms with Crippen molar-refractivity contribution in [3.8, 4) is 0 Å². The number of hydrogen-bond donors (Lipinski definition) is 2. The highest BCUT2D eigenvalue weighted by Gasteiger charge is 2.46. The van der Waals surface area contributed by atoms with Gasteiger partial charge in [-0.25, -0.2) is 0 Å². The highest BCUT2D eigenvalue weighted by atomic mass is 16.3. The summed E-state index contributed by atoms with van der Waals surface area (Å²) < 4.78 is 0. The van der Waals surface area contributed by atoms with Crippen LogP contribution in [0.4, 0.5) is 0 Å². The first-order chi connectivity index (χ1) is 9.90. The molecule has 0 heterocycles. The maximum atomic E-state index is 12.9. The van der Waals surface area contributed by atoms with Gasteiger partial charge in [-0.15, -0.1) is 0 Å². The van der Waals surface area contributed by atoms with Crippen molar-refractivity contribution in [1.82, 2.24) is 5.32 Å². The standard InChI is InChI=1S/C18H27NO2/c1-17(2,3)15(10-13-20)19-16(21)18(11-7-12-18)14-8-5-4-6-9-14/h4-6,8-9,15,20H,7,10-13H2,1-3H3,(H,19,21). The van der Waals surface area contributed by atoms with Gasteiger partial charge in [0.2, 0.25) is 5.91 Å². The lowest BCUT2D eigenvalue weighted by molar-refractivity contribution is -0.131. The van der Waals surface area contributed by atoms with Gasteiger partial charge in [-0.05, 0) is 30.2 Å². The smallest absolute Gasteiger partial charge is 0.230 e. The van der Waals surface area contributed by atoms with Gasteiger partial charge in [0.25, 0.3) is 0 Å². The van der Waals surface area contributed by atoms with Gasteiger partial charge < -0.3 is 10.4 Å². The Labute approximate surface area is 127 Å². The van der Waals surface area contributed by atoms with Gasteiger partial charge in [-0.1, -0.05) is 57.5 Å². The van der Waals surface area contributed by atoms with Crippen molar-refractivity contribution in [1.29, 1.82) is 0 Å². The average Bonchev–Trinajstić information content (AvgIpc) is 2.37. The number of carbonyl (C=O) groups excluding carboxylic acids is 1. The monoisotopic (exact) mass is 289 g/mol. The third-order valence-electron chi connectivity index (χ3n) is 4.74. The first-order valence-electron chi connectivity index (χ1n) is 7.87. The fourth-order valence-electron chi connectivity index (χ4n) is 3.08. The van der Waals surface area contributed by atoms with E-state index in [2.05, 4.69) is 38.2 Å². The average molecular weight is 289 g/mol. The second kappa shape index (κ2) is 6.18. The minimum atomic E-state index is -0.361.